The first-order chi connectivity index (χ1) is 9.63. The van der Waals surface area contributed by atoms with E-state index in [4.69, 9.17) is 26.2 Å². The molecule has 0 aliphatic rings. The second-order valence-corrected chi connectivity index (χ2v) is 4.24. The van der Waals surface area contributed by atoms with E-state index in [1.807, 2.05) is 18.2 Å². The lowest BCUT2D eigenvalue weighted by Gasteiger charge is -2.14. The Labute approximate surface area is 121 Å². The summed E-state index contributed by atoms with van der Waals surface area (Å²) in [6, 6.07) is 7.91. The minimum Gasteiger partial charge on any atom is -0.480 e. The van der Waals surface area contributed by atoms with Crippen molar-refractivity contribution in [3.8, 4) is 0 Å². The molecule has 0 aliphatic carbocycles. The van der Waals surface area contributed by atoms with E-state index in [1.165, 1.54) is 0 Å². The third-order valence-electron chi connectivity index (χ3n) is 2.31. The third-order valence-corrected chi connectivity index (χ3v) is 2.46. The monoisotopic (exact) mass is 301 g/mol. The minimum absolute atomic E-state index is 0.0710. The van der Waals surface area contributed by atoms with Gasteiger partial charge in [-0.2, -0.15) is 0 Å². The SMILES string of the molecule is O=C(NC(COCCCl)C(=O)O)OCc1ccccc1. The molecule has 2 N–H and O–H groups in total. The third kappa shape index (κ3) is 6.40. The molecular weight excluding hydrogens is 286 g/mol. The summed E-state index contributed by atoms with van der Waals surface area (Å²) in [5.41, 5.74) is 0.813. The highest BCUT2D eigenvalue weighted by atomic mass is 35.5. The number of hydrogen-bond acceptors (Lipinski definition) is 4. The second-order valence-electron chi connectivity index (χ2n) is 3.86. The van der Waals surface area contributed by atoms with Gasteiger partial charge >= 0.3 is 12.1 Å². The highest BCUT2D eigenvalue weighted by Crippen LogP contribution is 2.01. The summed E-state index contributed by atoms with van der Waals surface area (Å²) in [6.07, 6.45) is -0.810. The fourth-order valence-corrected chi connectivity index (χ4v) is 1.45. The molecule has 1 aromatic rings. The van der Waals surface area contributed by atoms with E-state index in [0.717, 1.165) is 5.56 Å². The second kappa shape index (κ2) is 9.17. The van der Waals surface area contributed by atoms with Gasteiger partial charge in [-0.1, -0.05) is 30.3 Å². The van der Waals surface area contributed by atoms with Crippen molar-refractivity contribution in [2.75, 3.05) is 19.1 Å². The number of benzene rings is 1. The first kappa shape index (κ1) is 16.3. The Morgan fingerprint density at radius 1 is 1.30 bits per heavy atom. The average Bonchev–Trinajstić information content (AvgIpc) is 2.45. The van der Waals surface area contributed by atoms with Gasteiger partial charge in [0.15, 0.2) is 6.04 Å². The molecule has 0 spiro atoms. The number of alkyl halides is 1. The lowest BCUT2D eigenvalue weighted by Crippen LogP contribution is -2.44. The number of aliphatic carboxylic acids is 1. The van der Waals surface area contributed by atoms with Crippen LogP contribution in [0.4, 0.5) is 4.79 Å². The number of ether oxygens (including phenoxy) is 2. The van der Waals surface area contributed by atoms with E-state index < -0.39 is 18.1 Å². The van der Waals surface area contributed by atoms with E-state index in [0.29, 0.717) is 0 Å². The first-order valence-corrected chi connectivity index (χ1v) is 6.50. The molecule has 0 aromatic heterocycles. The van der Waals surface area contributed by atoms with E-state index in [2.05, 4.69) is 5.32 Å². The maximum atomic E-state index is 11.5. The summed E-state index contributed by atoms with van der Waals surface area (Å²) in [4.78, 5) is 22.4. The van der Waals surface area contributed by atoms with Gasteiger partial charge in [-0.05, 0) is 5.56 Å². The molecule has 6 nitrogen and oxygen atoms in total. The lowest BCUT2D eigenvalue weighted by molar-refractivity contribution is -0.140. The van der Waals surface area contributed by atoms with Crippen molar-refractivity contribution in [3.63, 3.8) is 0 Å². The van der Waals surface area contributed by atoms with Crippen LogP contribution >= 0.6 is 11.6 Å². The Hall–Kier alpha value is -1.79. The topological polar surface area (TPSA) is 84.9 Å². The molecular formula is C13H16ClNO5. The van der Waals surface area contributed by atoms with Gasteiger partial charge in [0.1, 0.15) is 6.61 Å². The zero-order valence-corrected chi connectivity index (χ0v) is 11.5. The number of halogens is 1. The number of alkyl carbamates (subject to hydrolysis) is 1. The van der Waals surface area contributed by atoms with Gasteiger partial charge in [0.25, 0.3) is 0 Å². The van der Waals surface area contributed by atoms with Crippen LogP contribution in [-0.2, 0) is 20.9 Å². The molecule has 1 aromatic carbocycles. The van der Waals surface area contributed by atoms with Crippen LogP contribution in [0, 0.1) is 0 Å². The number of amides is 1. The van der Waals surface area contributed by atoms with Crippen LogP contribution in [0.2, 0.25) is 0 Å². The first-order valence-electron chi connectivity index (χ1n) is 5.97. The van der Waals surface area contributed by atoms with E-state index in [-0.39, 0.29) is 25.7 Å². The molecule has 1 rings (SSSR count). The van der Waals surface area contributed by atoms with Crippen LogP contribution in [0.5, 0.6) is 0 Å². The summed E-state index contributed by atoms with van der Waals surface area (Å²) < 4.78 is 9.91. The number of carbonyl (C=O) groups excluding carboxylic acids is 1. The predicted octanol–water partition coefficient (Wildman–Crippen LogP) is 1.62. The van der Waals surface area contributed by atoms with Crippen molar-refractivity contribution in [2.24, 2.45) is 0 Å². The summed E-state index contributed by atoms with van der Waals surface area (Å²) in [5, 5.41) is 11.1. The molecule has 1 amide bonds. The zero-order chi connectivity index (χ0) is 14.8. The number of carboxylic acid groups (broad SMARTS) is 1. The standard InChI is InChI=1S/C13H16ClNO5/c14-6-7-19-9-11(12(16)17)15-13(18)20-8-10-4-2-1-3-5-10/h1-5,11H,6-9H2,(H,15,18)(H,16,17). The minimum atomic E-state index is -1.20. The van der Waals surface area contributed by atoms with Gasteiger partial charge < -0.3 is 19.9 Å². The number of hydrogen-bond donors (Lipinski definition) is 2. The van der Waals surface area contributed by atoms with Crippen LogP contribution in [0.3, 0.4) is 0 Å². The highest BCUT2D eigenvalue weighted by Gasteiger charge is 2.20. The largest absolute Gasteiger partial charge is 0.480 e. The van der Waals surface area contributed by atoms with E-state index >= 15 is 0 Å². The Bertz CT molecular complexity index is 426. The number of carbonyl (C=O) groups is 2. The molecule has 0 radical (unpaired) electrons. The quantitative estimate of drug-likeness (QED) is 0.563. The molecule has 20 heavy (non-hydrogen) atoms. The van der Waals surface area contributed by atoms with Crippen molar-refractivity contribution in [1.29, 1.82) is 0 Å². The van der Waals surface area contributed by atoms with Gasteiger partial charge in [-0.3, -0.25) is 0 Å². The Kier molecular flexibility index (Phi) is 7.46. The Balaban J connectivity index is 2.36. The van der Waals surface area contributed by atoms with Crippen molar-refractivity contribution in [2.45, 2.75) is 12.6 Å². The molecule has 0 saturated heterocycles. The predicted molar refractivity (Wildman–Crippen MR) is 72.7 cm³/mol. The number of carboxylic acids is 1. The molecule has 110 valence electrons. The fourth-order valence-electron chi connectivity index (χ4n) is 1.34. The van der Waals surface area contributed by atoms with Crippen molar-refractivity contribution in [3.05, 3.63) is 35.9 Å². The van der Waals surface area contributed by atoms with Gasteiger partial charge in [0.05, 0.1) is 13.2 Å². The zero-order valence-electron chi connectivity index (χ0n) is 10.8. The smallest absolute Gasteiger partial charge is 0.408 e. The summed E-state index contributed by atoms with van der Waals surface area (Å²) in [5.74, 6) is -0.943. The molecule has 1 unspecified atom stereocenters. The summed E-state index contributed by atoms with van der Waals surface area (Å²) >= 11 is 5.40. The Morgan fingerprint density at radius 2 is 2.00 bits per heavy atom. The van der Waals surface area contributed by atoms with Crippen molar-refractivity contribution >= 4 is 23.7 Å². The van der Waals surface area contributed by atoms with Crippen LogP contribution < -0.4 is 5.32 Å². The molecule has 0 bridgehead atoms. The molecule has 0 aliphatic heterocycles. The Morgan fingerprint density at radius 3 is 2.60 bits per heavy atom. The fraction of sp³-hybridized carbons (Fsp3) is 0.385. The normalized spacial score (nSPS) is 11.7. The molecule has 0 saturated carbocycles. The maximum absolute atomic E-state index is 11.5. The van der Waals surface area contributed by atoms with Gasteiger partial charge in [0, 0.05) is 5.88 Å². The van der Waals surface area contributed by atoms with Gasteiger partial charge in [-0.15, -0.1) is 11.6 Å². The van der Waals surface area contributed by atoms with Crippen LogP contribution in [-0.4, -0.2) is 42.3 Å². The number of rotatable bonds is 8. The molecule has 0 heterocycles. The number of nitrogens with one attached hydrogen (secondary N) is 1. The molecule has 1 atom stereocenters. The highest BCUT2D eigenvalue weighted by molar-refractivity contribution is 6.17. The van der Waals surface area contributed by atoms with Crippen LogP contribution in [0.25, 0.3) is 0 Å². The molecule has 0 fully saturated rings. The van der Waals surface area contributed by atoms with Crippen molar-refractivity contribution < 1.29 is 24.2 Å². The van der Waals surface area contributed by atoms with Gasteiger partial charge in [-0.25, -0.2) is 9.59 Å². The van der Waals surface area contributed by atoms with Crippen LogP contribution in [0.1, 0.15) is 5.56 Å². The summed E-state index contributed by atoms with van der Waals surface area (Å²) in [6.45, 7) is 0.121. The lowest BCUT2D eigenvalue weighted by atomic mass is 10.2. The van der Waals surface area contributed by atoms with E-state index in [1.54, 1.807) is 12.1 Å². The molecule has 7 heteroatoms. The summed E-state index contributed by atoms with van der Waals surface area (Å²) in [7, 11) is 0. The van der Waals surface area contributed by atoms with Crippen LogP contribution in [0.15, 0.2) is 30.3 Å². The van der Waals surface area contributed by atoms with Crippen molar-refractivity contribution in [1.82, 2.24) is 5.32 Å². The average molecular weight is 302 g/mol. The van der Waals surface area contributed by atoms with E-state index in [9.17, 15) is 9.59 Å². The maximum Gasteiger partial charge on any atom is 0.408 e. The van der Waals surface area contributed by atoms with Gasteiger partial charge in [0.2, 0.25) is 0 Å².